The first-order chi connectivity index (χ1) is 5.86. The van der Waals surface area contributed by atoms with Crippen LogP contribution in [0.4, 0.5) is 0 Å². The third kappa shape index (κ3) is 3.55. The van der Waals surface area contributed by atoms with Gasteiger partial charge in [0.15, 0.2) is 0 Å². The van der Waals surface area contributed by atoms with E-state index in [4.69, 9.17) is 5.11 Å². The molecule has 0 radical (unpaired) electrons. The Hall–Kier alpha value is -1.58. The lowest BCUT2D eigenvalue weighted by Crippen LogP contribution is -2.32. The lowest BCUT2D eigenvalue weighted by atomic mass is 10.1. The molecule has 1 amide bonds. The van der Waals surface area contributed by atoms with Crippen molar-refractivity contribution in [3.05, 3.63) is 24.3 Å². The van der Waals surface area contributed by atoms with E-state index in [9.17, 15) is 9.59 Å². The molecule has 4 nitrogen and oxygen atoms in total. The molecule has 0 rings (SSSR count). The number of carbonyl (C=O) groups is 2. The van der Waals surface area contributed by atoms with E-state index in [0.717, 1.165) is 0 Å². The van der Waals surface area contributed by atoms with Crippen LogP contribution in [0, 0.1) is 0 Å². The number of carbonyl (C=O) groups excluding carboxylic acids is 1. The highest BCUT2D eigenvalue weighted by molar-refractivity contribution is 6.07. The highest BCUT2D eigenvalue weighted by Gasteiger charge is 2.15. The van der Waals surface area contributed by atoms with Crippen LogP contribution in [-0.2, 0) is 9.59 Å². The van der Waals surface area contributed by atoms with Crippen LogP contribution in [-0.4, -0.2) is 23.0 Å². The third-order valence-electron chi connectivity index (χ3n) is 1.32. The SMILES string of the molecule is C=C(C(=C)C(=O)NC(C)C)C(=O)O. The smallest absolute Gasteiger partial charge is 0.335 e. The van der Waals surface area contributed by atoms with Gasteiger partial charge in [0.2, 0.25) is 0 Å². The summed E-state index contributed by atoms with van der Waals surface area (Å²) in [5, 5.41) is 11.0. The summed E-state index contributed by atoms with van der Waals surface area (Å²) in [7, 11) is 0. The van der Waals surface area contributed by atoms with Crippen LogP contribution in [0.5, 0.6) is 0 Å². The number of hydrogen-bond donors (Lipinski definition) is 2. The standard InChI is InChI=1S/C9H13NO3/c1-5(2)10-8(11)6(3)7(4)9(12)13/h5H,3-4H2,1-2H3,(H,10,11)(H,12,13). The molecule has 0 aliphatic rings. The molecule has 0 aliphatic heterocycles. The van der Waals surface area contributed by atoms with Gasteiger partial charge in [-0.05, 0) is 13.8 Å². The summed E-state index contributed by atoms with van der Waals surface area (Å²) < 4.78 is 0. The molecule has 0 aromatic heterocycles. The van der Waals surface area contributed by atoms with Crippen molar-refractivity contribution >= 4 is 11.9 Å². The van der Waals surface area contributed by atoms with Crippen LogP contribution in [0.15, 0.2) is 24.3 Å². The Morgan fingerprint density at radius 1 is 1.23 bits per heavy atom. The Labute approximate surface area is 76.9 Å². The zero-order chi connectivity index (χ0) is 10.6. The lowest BCUT2D eigenvalue weighted by molar-refractivity contribution is -0.133. The van der Waals surface area contributed by atoms with Crippen molar-refractivity contribution in [1.29, 1.82) is 0 Å². The van der Waals surface area contributed by atoms with Gasteiger partial charge in [0, 0.05) is 11.6 Å². The fraction of sp³-hybridized carbons (Fsp3) is 0.333. The van der Waals surface area contributed by atoms with Crippen LogP contribution in [0.25, 0.3) is 0 Å². The van der Waals surface area contributed by atoms with Crippen LogP contribution >= 0.6 is 0 Å². The Bertz CT molecular complexity index is 266. The zero-order valence-electron chi connectivity index (χ0n) is 7.76. The highest BCUT2D eigenvalue weighted by Crippen LogP contribution is 2.05. The van der Waals surface area contributed by atoms with Gasteiger partial charge in [-0.25, -0.2) is 4.79 Å². The van der Waals surface area contributed by atoms with Crippen LogP contribution in [0.3, 0.4) is 0 Å². The lowest BCUT2D eigenvalue weighted by Gasteiger charge is -2.09. The second kappa shape index (κ2) is 4.45. The maximum absolute atomic E-state index is 11.2. The second-order valence-corrected chi connectivity index (χ2v) is 2.89. The average molecular weight is 183 g/mol. The van der Waals surface area contributed by atoms with E-state index in [1.165, 1.54) is 0 Å². The minimum Gasteiger partial charge on any atom is -0.478 e. The number of rotatable bonds is 4. The van der Waals surface area contributed by atoms with Crippen molar-refractivity contribution in [2.45, 2.75) is 19.9 Å². The first-order valence-corrected chi connectivity index (χ1v) is 3.78. The fourth-order valence-electron chi connectivity index (χ4n) is 0.615. The summed E-state index contributed by atoms with van der Waals surface area (Å²) >= 11 is 0. The minimum atomic E-state index is -1.23. The molecule has 0 fully saturated rings. The van der Waals surface area contributed by atoms with E-state index in [1.807, 2.05) is 0 Å². The summed E-state index contributed by atoms with van der Waals surface area (Å²) in [6.07, 6.45) is 0. The molecule has 0 bridgehead atoms. The van der Waals surface area contributed by atoms with E-state index in [0.29, 0.717) is 0 Å². The van der Waals surface area contributed by atoms with Gasteiger partial charge in [-0.3, -0.25) is 4.79 Å². The molecule has 0 aromatic rings. The van der Waals surface area contributed by atoms with Gasteiger partial charge in [-0.15, -0.1) is 0 Å². The second-order valence-electron chi connectivity index (χ2n) is 2.89. The van der Waals surface area contributed by atoms with Crippen molar-refractivity contribution in [2.24, 2.45) is 0 Å². The van der Waals surface area contributed by atoms with Crippen LogP contribution < -0.4 is 5.32 Å². The normalized spacial score (nSPS) is 9.46. The molecule has 72 valence electrons. The molecule has 0 aromatic carbocycles. The van der Waals surface area contributed by atoms with E-state index in [1.54, 1.807) is 13.8 Å². The predicted molar refractivity (Wildman–Crippen MR) is 49.2 cm³/mol. The number of amides is 1. The molecule has 0 spiro atoms. The maximum atomic E-state index is 11.2. The quantitative estimate of drug-likeness (QED) is 0.498. The Kier molecular flexibility index (Phi) is 3.91. The van der Waals surface area contributed by atoms with Crippen molar-refractivity contribution in [2.75, 3.05) is 0 Å². The average Bonchev–Trinajstić information content (AvgIpc) is 2.00. The van der Waals surface area contributed by atoms with Gasteiger partial charge in [0.1, 0.15) is 0 Å². The summed E-state index contributed by atoms with van der Waals surface area (Å²) in [6.45, 7) is 10.1. The summed E-state index contributed by atoms with van der Waals surface area (Å²) in [4.78, 5) is 21.6. The number of hydrogen-bond acceptors (Lipinski definition) is 2. The highest BCUT2D eigenvalue weighted by atomic mass is 16.4. The first kappa shape index (κ1) is 11.4. The maximum Gasteiger partial charge on any atom is 0.335 e. The van der Waals surface area contributed by atoms with Crippen molar-refractivity contribution < 1.29 is 14.7 Å². The molecule has 0 heterocycles. The topological polar surface area (TPSA) is 66.4 Å². The van der Waals surface area contributed by atoms with Gasteiger partial charge in [0.05, 0.1) is 5.57 Å². The molecular formula is C9H13NO3. The molecule has 0 atom stereocenters. The van der Waals surface area contributed by atoms with Crippen LogP contribution in [0.2, 0.25) is 0 Å². The van der Waals surface area contributed by atoms with Crippen LogP contribution in [0.1, 0.15) is 13.8 Å². The summed E-state index contributed by atoms with van der Waals surface area (Å²) in [5.41, 5.74) is -0.389. The summed E-state index contributed by atoms with van der Waals surface area (Å²) in [6, 6.07) is -0.0501. The van der Waals surface area contributed by atoms with E-state index in [-0.39, 0.29) is 17.2 Å². The molecule has 2 N–H and O–H groups in total. The number of carboxylic acid groups (broad SMARTS) is 1. The third-order valence-corrected chi connectivity index (χ3v) is 1.32. The van der Waals surface area contributed by atoms with Gasteiger partial charge < -0.3 is 10.4 Å². The largest absolute Gasteiger partial charge is 0.478 e. The molecule has 0 saturated heterocycles. The summed E-state index contributed by atoms with van der Waals surface area (Å²) in [5.74, 6) is -1.73. The van der Waals surface area contributed by atoms with Gasteiger partial charge in [-0.1, -0.05) is 13.2 Å². The van der Waals surface area contributed by atoms with Crippen molar-refractivity contribution in [1.82, 2.24) is 5.32 Å². The monoisotopic (exact) mass is 183 g/mol. The van der Waals surface area contributed by atoms with E-state index >= 15 is 0 Å². The zero-order valence-corrected chi connectivity index (χ0v) is 7.76. The number of aliphatic carboxylic acids is 1. The molecule has 0 aliphatic carbocycles. The number of nitrogens with one attached hydrogen (secondary N) is 1. The molecular weight excluding hydrogens is 170 g/mol. The predicted octanol–water partition coefficient (Wildman–Crippen LogP) is 0.708. The Morgan fingerprint density at radius 3 is 2.00 bits per heavy atom. The van der Waals surface area contributed by atoms with Gasteiger partial charge in [0.25, 0.3) is 5.91 Å². The minimum absolute atomic E-state index is 0.0501. The van der Waals surface area contributed by atoms with Crippen molar-refractivity contribution in [3.8, 4) is 0 Å². The Morgan fingerprint density at radius 2 is 1.69 bits per heavy atom. The Balaban J connectivity index is 4.36. The van der Waals surface area contributed by atoms with E-state index < -0.39 is 11.9 Å². The molecule has 0 saturated carbocycles. The molecule has 13 heavy (non-hydrogen) atoms. The fourth-order valence-corrected chi connectivity index (χ4v) is 0.615. The number of carboxylic acids is 1. The first-order valence-electron chi connectivity index (χ1n) is 3.78. The molecule has 0 unspecified atom stereocenters. The van der Waals surface area contributed by atoms with Gasteiger partial charge >= 0.3 is 5.97 Å². The van der Waals surface area contributed by atoms with E-state index in [2.05, 4.69) is 18.5 Å². The van der Waals surface area contributed by atoms with Crippen molar-refractivity contribution in [3.63, 3.8) is 0 Å². The van der Waals surface area contributed by atoms with Gasteiger partial charge in [-0.2, -0.15) is 0 Å². The molecule has 4 heteroatoms.